The number of Topliss-reactive ketones (excluding diaryl/α,β-unsaturated/α-hetero) is 1. The van der Waals surface area contributed by atoms with Crippen LogP contribution in [0.2, 0.25) is 0 Å². The van der Waals surface area contributed by atoms with Crippen molar-refractivity contribution in [3.8, 4) is 0 Å². The average Bonchev–Trinajstić information content (AvgIpc) is 2.88. The molecular weight excluding hydrogens is 250 g/mol. The van der Waals surface area contributed by atoms with E-state index in [9.17, 15) is 4.79 Å². The van der Waals surface area contributed by atoms with Crippen molar-refractivity contribution in [3.63, 3.8) is 0 Å². The first-order valence-corrected chi connectivity index (χ1v) is 6.76. The van der Waals surface area contributed by atoms with E-state index in [2.05, 4.69) is 10.3 Å². The first-order valence-electron chi connectivity index (χ1n) is 6.76. The molecule has 4 heteroatoms. The van der Waals surface area contributed by atoms with Crippen molar-refractivity contribution < 1.29 is 4.79 Å². The number of fused-ring (bicyclic) bond motifs is 1. The Hall–Kier alpha value is -2.20. The van der Waals surface area contributed by atoms with Gasteiger partial charge >= 0.3 is 0 Å². The zero-order valence-electron chi connectivity index (χ0n) is 11.2. The van der Waals surface area contributed by atoms with Gasteiger partial charge in [-0.25, -0.2) is 0 Å². The Morgan fingerprint density at radius 2 is 2.15 bits per heavy atom. The number of rotatable bonds is 4. The van der Waals surface area contributed by atoms with E-state index in [1.165, 1.54) is 0 Å². The molecule has 0 spiro atoms. The van der Waals surface area contributed by atoms with Gasteiger partial charge in [-0.05, 0) is 36.7 Å². The third-order valence-corrected chi connectivity index (χ3v) is 3.95. The second kappa shape index (κ2) is 5.06. The molecule has 0 saturated heterocycles. The highest BCUT2D eigenvalue weighted by atomic mass is 16.1. The molecule has 0 amide bonds. The Kier molecular flexibility index (Phi) is 3.24. The van der Waals surface area contributed by atoms with Crippen molar-refractivity contribution in [2.75, 3.05) is 18.4 Å². The first kappa shape index (κ1) is 12.8. The van der Waals surface area contributed by atoms with Gasteiger partial charge in [0.2, 0.25) is 0 Å². The van der Waals surface area contributed by atoms with Gasteiger partial charge in [0.15, 0.2) is 5.78 Å². The van der Waals surface area contributed by atoms with E-state index in [4.69, 9.17) is 5.73 Å². The number of hydrogen-bond acceptors (Lipinski definition) is 4. The SMILES string of the molecule is NCCC1(C(=O)c2cccnc2)CNc2ccccc21. The van der Waals surface area contributed by atoms with Crippen molar-refractivity contribution >= 4 is 11.5 Å². The van der Waals surface area contributed by atoms with Gasteiger partial charge in [-0.15, -0.1) is 0 Å². The van der Waals surface area contributed by atoms with Gasteiger partial charge in [0, 0.05) is 30.2 Å². The number of ketones is 1. The van der Waals surface area contributed by atoms with E-state index < -0.39 is 5.41 Å². The Labute approximate surface area is 118 Å². The van der Waals surface area contributed by atoms with Crippen LogP contribution in [0.4, 0.5) is 5.69 Å². The normalized spacial score (nSPS) is 20.2. The largest absolute Gasteiger partial charge is 0.383 e. The lowest BCUT2D eigenvalue weighted by Crippen LogP contribution is -2.40. The molecule has 1 atom stereocenters. The molecule has 1 unspecified atom stereocenters. The summed E-state index contributed by atoms with van der Waals surface area (Å²) in [6.45, 7) is 1.07. The number of hydrogen-bond donors (Lipinski definition) is 2. The van der Waals surface area contributed by atoms with Gasteiger partial charge in [0.25, 0.3) is 0 Å². The number of aromatic nitrogens is 1. The van der Waals surface area contributed by atoms with Crippen LogP contribution in [0.5, 0.6) is 0 Å². The second-order valence-corrected chi connectivity index (χ2v) is 5.09. The quantitative estimate of drug-likeness (QED) is 0.831. The lowest BCUT2D eigenvalue weighted by molar-refractivity contribution is 0.0890. The molecule has 2 heterocycles. The van der Waals surface area contributed by atoms with E-state index in [1.807, 2.05) is 30.3 Å². The smallest absolute Gasteiger partial charge is 0.176 e. The lowest BCUT2D eigenvalue weighted by atomic mass is 9.73. The minimum absolute atomic E-state index is 0.0912. The van der Waals surface area contributed by atoms with Crippen molar-refractivity contribution in [2.24, 2.45) is 5.73 Å². The molecule has 3 N–H and O–H groups in total. The van der Waals surface area contributed by atoms with Crippen LogP contribution in [-0.4, -0.2) is 23.9 Å². The van der Waals surface area contributed by atoms with E-state index in [0.717, 1.165) is 11.3 Å². The average molecular weight is 267 g/mol. The van der Waals surface area contributed by atoms with Crippen LogP contribution in [0.1, 0.15) is 22.3 Å². The number of carbonyl (C=O) groups is 1. The molecular formula is C16H17N3O. The molecule has 0 aliphatic carbocycles. The molecule has 0 saturated carbocycles. The van der Waals surface area contributed by atoms with Crippen molar-refractivity contribution in [1.29, 1.82) is 0 Å². The number of benzene rings is 1. The van der Waals surface area contributed by atoms with Gasteiger partial charge in [-0.3, -0.25) is 9.78 Å². The van der Waals surface area contributed by atoms with Crippen LogP contribution in [0, 0.1) is 0 Å². The van der Waals surface area contributed by atoms with Crippen LogP contribution in [-0.2, 0) is 5.41 Å². The van der Waals surface area contributed by atoms with E-state index in [-0.39, 0.29) is 5.78 Å². The molecule has 102 valence electrons. The molecule has 1 aromatic carbocycles. The summed E-state index contributed by atoms with van der Waals surface area (Å²) in [4.78, 5) is 17.0. The summed E-state index contributed by atoms with van der Waals surface area (Å²) in [5.41, 5.74) is 7.90. The van der Waals surface area contributed by atoms with Gasteiger partial charge in [0.05, 0.1) is 5.41 Å². The van der Waals surface area contributed by atoms with E-state index in [1.54, 1.807) is 18.5 Å². The number of pyridine rings is 1. The standard InChI is InChI=1S/C16H17N3O/c17-8-7-16(15(20)12-4-3-9-18-10-12)11-19-14-6-2-1-5-13(14)16/h1-6,9-10,19H,7-8,11,17H2. The molecule has 4 nitrogen and oxygen atoms in total. The van der Waals surface area contributed by atoms with Gasteiger partial charge in [-0.1, -0.05) is 18.2 Å². The van der Waals surface area contributed by atoms with E-state index >= 15 is 0 Å². The maximum Gasteiger partial charge on any atom is 0.176 e. The third kappa shape index (κ3) is 1.89. The van der Waals surface area contributed by atoms with Crippen LogP contribution in [0.15, 0.2) is 48.8 Å². The Morgan fingerprint density at radius 1 is 1.30 bits per heavy atom. The lowest BCUT2D eigenvalue weighted by Gasteiger charge is -2.27. The Balaban J connectivity index is 2.09. The summed E-state index contributed by atoms with van der Waals surface area (Å²) in [7, 11) is 0. The van der Waals surface area contributed by atoms with Crippen molar-refractivity contribution in [2.45, 2.75) is 11.8 Å². The van der Waals surface area contributed by atoms with E-state index in [0.29, 0.717) is 25.1 Å². The van der Waals surface area contributed by atoms with Crippen LogP contribution >= 0.6 is 0 Å². The number of nitrogens with zero attached hydrogens (tertiary/aromatic N) is 1. The highest BCUT2D eigenvalue weighted by molar-refractivity contribution is 6.06. The fraction of sp³-hybridized carbons (Fsp3) is 0.250. The fourth-order valence-electron chi connectivity index (χ4n) is 2.95. The number of carbonyl (C=O) groups excluding carboxylic acids is 1. The predicted molar refractivity (Wildman–Crippen MR) is 78.8 cm³/mol. The maximum atomic E-state index is 13.0. The molecule has 0 bridgehead atoms. The van der Waals surface area contributed by atoms with Crippen molar-refractivity contribution in [1.82, 2.24) is 4.98 Å². The molecule has 1 aliphatic rings. The third-order valence-electron chi connectivity index (χ3n) is 3.95. The fourth-order valence-corrected chi connectivity index (χ4v) is 2.95. The molecule has 0 radical (unpaired) electrons. The zero-order chi connectivity index (χ0) is 14.0. The molecule has 1 aromatic heterocycles. The summed E-state index contributed by atoms with van der Waals surface area (Å²) in [6.07, 6.45) is 3.93. The van der Waals surface area contributed by atoms with Gasteiger partial charge in [-0.2, -0.15) is 0 Å². The number of para-hydroxylation sites is 1. The molecule has 1 aliphatic heterocycles. The highest BCUT2D eigenvalue weighted by Crippen LogP contribution is 2.41. The summed E-state index contributed by atoms with van der Waals surface area (Å²) >= 11 is 0. The molecule has 3 rings (SSSR count). The topological polar surface area (TPSA) is 68.0 Å². The van der Waals surface area contributed by atoms with Crippen molar-refractivity contribution in [3.05, 3.63) is 59.9 Å². The summed E-state index contributed by atoms with van der Waals surface area (Å²) in [5, 5.41) is 3.33. The minimum Gasteiger partial charge on any atom is -0.383 e. The van der Waals surface area contributed by atoms with Crippen LogP contribution in [0.3, 0.4) is 0 Å². The minimum atomic E-state index is -0.575. The molecule has 20 heavy (non-hydrogen) atoms. The van der Waals surface area contributed by atoms with Gasteiger partial charge < -0.3 is 11.1 Å². The highest BCUT2D eigenvalue weighted by Gasteiger charge is 2.44. The monoisotopic (exact) mass is 267 g/mol. The number of anilines is 1. The summed E-state index contributed by atoms with van der Waals surface area (Å²) < 4.78 is 0. The molecule has 0 fully saturated rings. The number of nitrogens with one attached hydrogen (secondary N) is 1. The Bertz CT molecular complexity index is 623. The van der Waals surface area contributed by atoms with Gasteiger partial charge in [0.1, 0.15) is 0 Å². The predicted octanol–water partition coefficient (Wildman–Crippen LogP) is 1.98. The number of nitrogens with two attached hydrogens (primary N) is 1. The first-order chi connectivity index (χ1) is 9.78. The maximum absolute atomic E-state index is 13.0. The van der Waals surface area contributed by atoms with Crippen LogP contribution in [0.25, 0.3) is 0 Å². The summed E-state index contributed by atoms with van der Waals surface area (Å²) in [5.74, 6) is 0.0912. The summed E-state index contributed by atoms with van der Waals surface area (Å²) in [6, 6.07) is 11.6. The molecule has 2 aromatic rings. The zero-order valence-corrected chi connectivity index (χ0v) is 11.2. The Morgan fingerprint density at radius 3 is 2.90 bits per heavy atom. The second-order valence-electron chi connectivity index (χ2n) is 5.09. The van der Waals surface area contributed by atoms with Crippen LogP contribution < -0.4 is 11.1 Å².